The minimum Gasteiger partial charge on any atom is -0.459 e. The maximum absolute atomic E-state index is 12.6. The van der Waals surface area contributed by atoms with Crippen molar-refractivity contribution < 1.29 is 19.5 Å². The first-order valence-electron chi connectivity index (χ1n) is 7.69. The van der Waals surface area contributed by atoms with Crippen LogP contribution < -0.4 is 0 Å². The number of carbonyl (C=O) groups is 2. The van der Waals surface area contributed by atoms with E-state index in [0.717, 1.165) is 17.0 Å². The monoisotopic (exact) mass is 317 g/mol. The molecule has 1 aliphatic rings. The Balaban J connectivity index is 2.15. The molecule has 0 radical (unpaired) electrons. The molecule has 0 amide bonds. The van der Waals surface area contributed by atoms with E-state index in [1.54, 1.807) is 33.8 Å². The number of nitrogens with zero attached hydrogens (tertiary/aromatic N) is 1. The molecule has 0 aromatic heterocycles. The molecule has 124 valence electrons. The Hall–Kier alpha value is -2.14. The lowest BCUT2D eigenvalue weighted by molar-refractivity contribution is -0.164. The lowest BCUT2D eigenvalue weighted by Gasteiger charge is -2.25. The van der Waals surface area contributed by atoms with Gasteiger partial charge in [0.05, 0.1) is 0 Å². The first kappa shape index (κ1) is 17.2. The van der Waals surface area contributed by atoms with Crippen LogP contribution in [0, 0.1) is 0 Å². The zero-order valence-corrected chi connectivity index (χ0v) is 14.0. The van der Waals surface area contributed by atoms with E-state index in [1.807, 2.05) is 18.2 Å². The van der Waals surface area contributed by atoms with E-state index in [1.165, 1.54) is 0 Å². The largest absolute Gasteiger partial charge is 0.459 e. The zero-order chi connectivity index (χ0) is 17.2. The molecule has 0 saturated carbocycles. The highest BCUT2D eigenvalue weighted by Crippen LogP contribution is 2.27. The number of hydroxylamine groups is 2. The fraction of sp³-hybridized carbons (Fsp3) is 0.444. The Morgan fingerprint density at radius 1 is 1.26 bits per heavy atom. The molecule has 2 rings (SSSR count). The second-order valence-corrected chi connectivity index (χ2v) is 6.69. The first-order valence-corrected chi connectivity index (χ1v) is 7.69. The molecule has 5 nitrogen and oxygen atoms in total. The summed E-state index contributed by atoms with van der Waals surface area (Å²) in [4.78, 5) is 24.4. The normalized spacial score (nSPS) is 16.7. The van der Waals surface area contributed by atoms with Gasteiger partial charge in [-0.25, -0.2) is 5.06 Å². The van der Waals surface area contributed by atoms with Gasteiger partial charge in [0.15, 0.2) is 5.78 Å². The molecule has 0 aliphatic heterocycles. The Kier molecular flexibility index (Phi) is 4.90. The summed E-state index contributed by atoms with van der Waals surface area (Å²) in [5.74, 6) is -0.629. The summed E-state index contributed by atoms with van der Waals surface area (Å²) in [6.45, 7) is 6.63. The van der Waals surface area contributed by atoms with Crippen molar-refractivity contribution in [3.63, 3.8) is 0 Å². The quantitative estimate of drug-likeness (QED) is 0.527. The number of aryl methyl sites for hydroxylation is 1. The van der Waals surface area contributed by atoms with Gasteiger partial charge < -0.3 is 4.74 Å². The topological polar surface area (TPSA) is 66.8 Å². The average Bonchev–Trinajstić information content (AvgIpc) is 2.45. The van der Waals surface area contributed by atoms with Gasteiger partial charge in [-0.15, -0.1) is 0 Å². The van der Waals surface area contributed by atoms with E-state index in [9.17, 15) is 14.8 Å². The van der Waals surface area contributed by atoms with Gasteiger partial charge in [0.1, 0.15) is 12.1 Å². The number of rotatable bonds is 3. The third kappa shape index (κ3) is 4.20. The molecule has 0 saturated heterocycles. The molecule has 1 aliphatic carbocycles. The number of allylic oxidation sites excluding steroid dienone is 2. The molecule has 1 aromatic rings. The molecule has 1 N–H and O–H groups in total. The highest BCUT2D eigenvalue weighted by molar-refractivity contribution is 6.11. The van der Waals surface area contributed by atoms with E-state index in [-0.39, 0.29) is 12.3 Å². The van der Waals surface area contributed by atoms with Crippen LogP contribution in [-0.4, -0.2) is 34.2 Å². The van der Waals surface area contributed by atoms with Crippen molar-refractivity contribution in [1.82, 2.24) is 5.06 Å². The van der Waals surface area contributed by atoms with Gasteiger partial charge in [-0.2, -0.15) is 0 Å². The molecule has 0 spiro atoms. The number of hydrogen-bond acceptors (Lipinski definition) is 5. The zero-order valence-electron chi connectivity index (χ0n) is 14.0. The summed E-state index contributed by atoms with van der Waals surface area (Å²) in [6, 6.07) is 7.47. The van der Waals surface area contributed by atoms with Crippen molar-refractivity contribution in [3.05, 3.63) is 46.7 Å². The molecule has 0 atom stereocenters. The summed E-state index contributed by atoms with van der Waals surface area (Å²) >= 11 is 0. The van der Waals surface area contributed by atoms with Crippen molar-refractivity contribution in [2.75, 3.05) is 6.54 Å². The van der Waals surface area contributed by atoms with Crippen LogP contribution >= 0.6 is 0 Å². The highest BCUT2D eigenvalue weighted by atomic mass is 16.6. The molecule has 23 heavy (non-hydrogen) atoms. The SMILES string of the molecule is C/C(=C1/CCc2ccccc2C1=O)N(O)CC(=O)OC(C)(C)C. The number of hydrogen-bond donors (Lipinski definition) is 1. The lowest BCUT2D eigenvalue weighted by Crippen LogP contribution is -2.33. The molecule has 0 fully saturated rings. The third-order valence-electron chi connectivity index (χ3n) is 3.70. The van der Waals surface area contributed by atoms with Crippen LogP contribution in [0.25, 0.3) is 0 Å². The number of esters is 1. The summed E-state index contributed by atoms with van der Waals surface area (Å²) < 4.78 is 5.18. The van der Waals surface area contributed by atoms with Crippen LogP contribution in [0.3, 0.4) is 0 Å². The number of ketones is 1. The Morgan fingerprint density at radius 3 is 2.57 bits per heavy atom. The van der Waals surface area contributed by atoms with Crippen molar-refractivity contribution in [3.8, 4) is 0 Å². The standard InChI is InChI=1S/C18H23NO4/c1-12(19(22)11-16(20)23-18(2,3)4)14-10-9-13-7-5-6-8-15(13)17(14)21/h5-8,22H,9-11H2,1-4H3/b14-12+. The number of ether oxygens (including phenoxy) is 1. The molecule has 0 bridgehead atoms. The Labute approximate surface area is 136 Å². The molecule has 0 unspecified atom stereocenters. The van der Waals surface area contributed by atoms with Crippen molar-refractivity contribution in [2.24, 2.45) is 0 Å². The van der Waals surface area contributed by atoms with Gasteiger partial charge in [0.2, 0.25) is 0 Å². The fourth-order valence-electron chi connectivity index (χ4n) is 2.61. The van der Waals surface area contributed by atoms with E-state index in [2.05, 4.69) is 0 Å². The first-order chi connectivity index (χ1) is 10.7. The summed E-state index contributed by atoms with van der Waals surface area (Å²) in [5.41, 5.74) is 2.01. The fourth-order valence-corrected chi connectivity index (χ4v) is 2.61. The van der Waals surface area contributed by atoms with Gasteiger partial charge in [0, 0.05) is 16.8 Å². The number of benzene rings is 1. The van der Waals surface area contributed by atoms with E-state index in [4.69, 9.17) is 4.74 Å². The van der Waals surface area contributed by atoms with Crippen LogP contribution in [0.15, 0.2) is 35.5 Å². The van der Waals surface area contributed by atoms with Crippen molar-refractivity contribution in [1.29, 1.82) is 0 Å². The summed E-state index contributed by atoms with van der Waals surface area (Å²) in [6.07, 6.45) is 1.29. The number of Topliss-reactive ketones (excluding diaryl/α,β-unsaturated/α-hetero) is 1. The average molecular weight is 317 g/mol. The summed E-state index contributed by atoms with van der Waals surface area (Å²) in [5, 5.41) is 10.9. The summed E-state index contributed by atoms with van der Waals surface area (Å²) in [7, 11) is 0. The Bertz CT molecular complexity index is 655. The van der Waals surface area contributed by atoms with Crippen molar-refractivity contribution >= 4 is 11.8 Å². The van der Waals surface area contributed by atoms with Crippen LogP contribution in [0.5, 0.6) is 0 Å². The van der Waals surface area contributed by atoms with E-state index >= 15 is 0 Å². The molecule has 0 heterocycles. The van der Waals surface area contributed by atoms with E-state index in [0.29, 0.717) is 23.3 Å². The second kappa shape index (κ2) is 6.54. The van der Waals surface area contributed by atoms with Gasteiger partial charge in [-0.3, -0.25) is 14.8 Å². The second-order valence-electron chi connectivity index (χ2n) is 6.69. The van der Waals surface area contributed by atoms with Gasteiger partial charge >= 0.3 is 5.97 Å². The van der Waals surface area contributed by atoms with Crippen LogP contribution in [0.1, 0.15) is 50.0 Å². The van der Waals surface area contributed by atoms with Crippen LogP contribution in [0.2, 0.25) is 0 Å². The molecule has 1 aromatic carbocycles. The number of carbonyl (C=O) groups excluding carboxylic acids is 2. The minimum atomic E-state index is -0.613. The predicted molar refractivity (Wildman–Crippen MR) is 86.1 cm³/mol. The minimum absolute atomic E-state index is 0.0902. The maximum atomic E-state index is 12.6. The smallest absolute Gasteiger partial charge is 0.328 e. The predicted octanol–water partition coefficient (Wildman–Crippen LogP) is 3.12. The van der Waals surface area contributed by atoms with Gasteiger partial charge in [-0.05, 0) is 46.1 Å². The van der Waals surface area contributed by atoms with E-state index < -0.39 is 11.6 Å². The molecule has 5 heteroatoms. The third-order valence-corrected chi connectivity index (χ3v) is 3.70. The van der Waals surface area contributed by atoms with Gasteiger partial charge in [0.25, 0.3) is 0 Å². The van der Waals surface area contributed by atoms with Crippen molar-refractivity contribution in [2.45, 2.75) is 46.1 Å². The number of fused-ring (bicyclic) bond motifs is 1. The lowest BCUT2D eigenvalue weighted by atomic mass is 9.86. The van der Waals surface area contributed by atoms with Crippen LogP contribution in [-0.2, 0) is 16.0 Å². The Morgan fingerprint density at radius 2 is 1.91 bits per heavy atom. The van der Waals surface area contributed by atoms with Crippen LogP contribution in [0.4, 0.5) is 0 Å². The molecular weight excluding hydrogens is 294 g/mol. The molecular formula is C18H23NO4. The van der Waals surface area contributed by atoms with Gasteiger partial charge in [-0.1, -0.05) is 24.3 Å². The maximum Gasteiger partial charge on any atom is 0.328 e. The highest BCUT2D eigenvalue weighted by Gasteiger charge is 2.26.